The zero-order chi connectivity index (χ0) is 19.2. The van der Waals surface area contributed by atoms with Crippen LogP contribution in [0.3, 0.4) is 0 Å². The average Bonchev–Trinajstić information content (AvgIpc) is 2.60. The van der Waals surface area contributed by atoms with Crippen LogP contribution >= 0.6 is 11.6 Å². The van der Waals surface area contributed by atoms with Crippen LogP contribution in [0.2, 0.25) is 5.02 Å². The van der Waals surface area contributed by atoms with Crippen LogP contribution in [0, 0.1) is 0 Å². The van der Waals surface area contributed by atoms with E-state index in [4.69, 9.17) is 16.3 Å². The van der Waals surface area contributed by atoms with Crippen LogP contribution in [-0.2, 0) is 20.5 Å². The monoisotopic (exact) mass is 388 g/mol. The maximum atomic E-state index is 12.6. The van der Waals surface area contributed by atoms with E-state index in [0.29, 0.717) is 5.02 Å². The Balaban J connectivity index is 1.77. The van der Waals surface area contributed by atoms with Crippen molar-refractivity contribution in [3.05, 3.63) is 53.2 Å². The minimum atomic E-state index is -4.52. The highest BCUT2D eigenvalue weighted by Crippen LogP contribution is 2.31. The molecular weight excluding hydrogens is 377 g/mol. The van der Waals surface area contributed by atoms with E-state index < -0.39 is 36.8 Å². The normalized spacial score (nSPS) is 10.9. The van der Waals surface area contributed by atoms with Gasteiger partial charge in [-0.25, -0.2) is 9.78 Å². The van der Waals surface area contributed by atoms with Crippen LogP contribution < -0.4 is 10.1 Å². The fourth-order valence-corrected chi connectivity index (χ4v) is 1.83. The van der Waals surface area contributed by atoms with Gasteiger partial charge in [-0.2, -0.15) is 13.2 Å². The van der Waals surface area contributed by atoms with Gasteiger partial charge < -0.3 is 14.8 Å². The molecule has 0 radical (unpaired) electrons. The molecule has 0 bridgehead atoms. The summed E-state index contributed by atoms with van der Waals surface area (Å²) in [5.41, 5.74) is -0.904. The Morgan fingerprint density at radius 2 is 1.92 bits per heavy atom. The molecule has 0 aliphatic heterocycles. The molecule has 0 atom stereocenters. The van der Waals surface area contributed by atoms with E-state index in [-0.39, 0.29) is 11.6 Å². The topological polar surface area (TPSA) is 77.5 Å². The molecule has 0 spiro atoms. The number of esters is 1. The number of ether oxygens (including phenoxy) is 2. The summed E-state index contributed by atoms with van der Waals surface area (Å²) in [5.74, 6) is -1.49. The number of benzene rings is 1. The number of nitrogens with zero attached hydrogens (tertiary/aromatic N) is 1. The summed E-state index contributed by atoms with van der Waals surface area (Å²) in [4.78, 5) is 26.9. The number of alkyl halides is 3. The molecule has 2 aromatic rings. The molecule has 1 heterocycles. The maximum Gasteiger partial charge on any atom is 0.416 e. The first-order valence-corrected chi connectivity index (χ1v) is 7.49. The van der Waals surface area contributed by atoms with Gasteiger partial charge in [-0.15, -0.1) is 0 Å². The van der Waals surface area contributed by atoms with Crippen molar-refractivity contribution >= 4 is 29.3 Å². The zero-order valence-corrected chi connectivity index (χ0v) is 13.8. The van der Waals surface area contributed by atoms with Crippen molar-refractivity contribution in [3.8, 4) is 5.75 Å². The molecule has 0 fully saturated rings. The first kappa shape index (κ1) is 19.5. The number of hydrogen-bond donors (Lipinski definition) is 1. The maximum absolute atomic E-state index is 12.6. The molecule has 10 heteroatoms. The third-order valence-electron chi connectivity index (χ3n) is 2.88. The molecule has 2 rings (SSSR count). The number of rotatable bonds is 6. The lowest BCUT2D eigenvalue weighted by Crippen LogP contribution is -2.24. The van der Waals surface area contributed by atoms with E-state index in [1.165, 1.54) is 24.4 Å². The molecular formula is C16H12ClF3N2O4. The zero-order valence-electron chi connectivity index (χ0n) is 13.0. The first-order valence-electron chi connectivity index (χ1n) is 7.11. The van der Waals surface area contributed by atoms with E-state index in [9.17, 15) is 22.8 Å². The highest BCUT2D eigenvalue weighted by atomic mass is 35.5. The highest BCUT2D eigenvalue weighted by molar-refractivity contribution is 6.30. The van der Waals surface area contributed by atoms with Crippen LogP contribution in [0.15, 0.2) is 42.6 Å². The summed E-state index contributed by atoms with van der Waals surface area (Å²) in [5, 5.41) is 2.76. The SMILES string of the molecule is O=C(COC(=O)COc1cccc(C(F)(F)F)c1)Nc1ccc(Cl)cn1. The molecule has 138 valence electrons. The lowest BCUT2D eigenvalue weighted by atomic mass is 10.2. The number of nitrogens with one attached hydrogen (secondary N) is 1. The number of pyridine rings is 1. The summed E-state index contributed by atoms with van der Waals surface area (Å²) >= 11 is 5.65. The third-order valence-corrected chi connectivity index (χ3v) is 3.10. The Bertz CT molecular complexity index is 782. The van der Waals surface area contributed by atoms with Crippen molar-refractivity contribution < 1.29 is 32.2 Å². The lowest BCUT2D eigenvalue weighted by molar-refractivity contribution is -0.149. The summed E-state index contributed by atoms with van der Waals surface area (Å²) in [6, 6.07) is 7.02. The third kappa shape index (κ3) is 6.25. The number of carbonyl (C=O) groups is 2. The molecule has 0 aliphatic rings. The minimum absolute atomic E-state index is 0.147. The fourth-order valence-electron chi connectivity index (χ4n) is 1.72. The predicted molar refractivity (Wildman–Crippen MR) is 85.8 cm³/mol. The van der Waals surface area contributed by atoms with Gasteiger partial charge in [0.05, 0.1) is 10.6 Å². The van der Waals surface area contributed by atoms with E-state index >= 15 is 0 Å². The molecule has 0 unspecified atom stereocenters. The molecule has 1 amide bonds. The number of hydrogen-bond acceptors (Lipinski definition) is 5. The second-order valence-electron chi connectivity index (χ2n) is 4.88. The van der Waals surface area contributed by atoms with Gasteiger partial charge in [0.2, 0.25) is 0 Å². The summed E-state index contributed by atoms with van der Waals surface area (Å²) < 4.78 is 47.3. The second kappa shape index (κ2) is 8.52. The largest absolute Gasteiger partial charge is 0.482 e. The van der Waals surface area contributed by atoms with Gasteiger partial charge in [0.1, 0.15) is 11.6 Å². The standard InChI is InChI=1S/C16H12ClF3N2O4/c17-11-4-5-13(21-7-11)22-14(23)8-26-15(24)9-25-12-3-1-2-10(6-12)16(18,19)20/h1-7H,8-9H2,(H,21,22,23). The smallest absolute Gasteiger partial charge is 0.416 e. The molecule has 6 nitrogen and oxygen atoms in total. The van der Waals surface area contributed by atoms with Crippen LogP contribution in [-0.4, -0.2) is 30.1 Å². The predicted octanol–water partition coefficient (Wildman–Crippen LogP) is 3.31. The van der Waals surface area contributed by atoms with Crippen LogP contribution in [0.1, 0.15) is 5.56 Å². The van der Waals surface area contributed by atoms with Crippen molar-refractivity contribution in [1.82, 2.24) is 4.98 Å². The molecule has 1 N–H and O–H groups in total. The summed E-state index contributed by atoms with van der Waals surface area (Å²) in [7, 11) is 0. The Labute approximate surface area is 150 Å². The van der Waals surface area contributed by atoms with Gasteiger partial charge in [0.25, 0.3) is 5.91 Å². The summed E-state index contributed by atoms with van der Waals surface area (Å²) in [6.07, 6.45) is -3.19. The number of anilines is 1. The van der Waals surface area contributed by atoms with Gasteiger partial charge in [-0.3, -0.25) is 4.79 Å². The van der Waals surface area contributed by atoms with Gasteiger partial charge in [0, 0.05) is 6.20 Å². The number of aromatic nitrogens is 1. The molecule has 0 saturated carbocycles. The van der Waals surface area contributed by atoms with Gasteiger partial charge in [-0.05, 0) is 30.3 Å². The Morgan fingerprint density at radius 1 is 1.15 bits per heavy atom. The molecule has 1 aromatic carbocycles. The van der Waals surface area contributed by atoms with Gasteiger partial charge in [-0.1, -0.05) is 17.7 Å². The van der Waals surface area contributed by atoms with E-state index in [1.54, 1.807) is 0 Å². The van der Waals surface area contributed by atoms with Gasteiger partial charge in [0.15, 0.2) is 13.2 Å². The van der Waals surface area contributed by atoms with Gasteiger partial charge >= 0.3 is 12.1 Å². The van der Waals surface area contributed by atoms with E-state index in [2.05, 4.69) is 15.0 Å². The Kier molecular flexibility index (Phi) is 6.40. The van der Waals surface area contributed by atoms with Crippen molar-refractivity contribution in [2.45, 2.75) is 6.18 Å². The van der Waals surface area contributed by atoms with E-state index in [0.717, 1.165) is 18.2 Å². The number of amides is 1. The number of halogens is 4. The Morgan fingerprint density at radius 3 is 2.58 bits per heavy atom. The Hall–Kier alpha value is -2.81. The molecule has 1 aromatic heterocycles. The van der Waals surface area contributed by atoms with Crippen molar-refractivity contribution in [3.63, 3.8) is 0 Å². The second-order valence-corrected chi connectivity index (χ2v) is 5.32. The molecule has 0 aliphatic carbocycles. The average molecular weight is 389 g/mol. The first-order chi connectivity index (χ1) is 12.2. The number of carbonyl (C=O) groups excluding carboxylic acids is 2. The summed E-state index contributed by atoms with van der Waals surface area (Å²) in [6.45, 7) is -1.25. The molecule has 0 saturated heterocycles. The van der Waals surface area contributed by atoms with Crippen LogP contribution in [0.4, 0.5) is 19.0 Å². The van der Waals surface area contributed by atoms with Crippen molar-refractivity contribution in [1.29, 1.82) is 0 Å². The highest BCUT2D eigenvalue weighted by Gasteiger charge is 2.30. The minimum Gasteiger partial charge on any atom is -0.482 e. The molecule has 26 heavy (non-hydrogen) atoms. The quantitative estimate of drug-likeness (QED) is 0.768. The fraction of sp³-hybridized carbons (Fsp3) is 0.188. The van der Waals surface area contributed by atoms with E-state index in [1.807, 2.05) is 0 Å². The van der Waals surface area contributed by atoms with Crippen molar-refractivity contribution in [2.75, 3.05) is 18.5 Å². The lowest BCUT2D eigenvalue weighted by Gasteiger charge is -2.10. The van der Waals surface area contributed by atoms with Crippen LogP contribution in [0.25, 0.3) is 0 Å². The van der Waals surface area contributed by atoms with Crippen molar-refractivity contribution in [2.24, 2.45) is 0 Å². The van der Waals surface area contributed by atoms with Crippen LogP contribution in [0.5, 0.6) is 5.75 Å².